The van der Waals surface area contributed by atoms with Crippen LogP contribution >= 0.6 is 11.6 Å². The van der Waals surface area contributed by atoms with Gasteiger partial charge in [-0.15, -0.1) is 0 Å². The summed E-state index contributed by atoms with van der Waals surface area (Å²) in [6, 6.07) is 4.54. The molecule has 2 aromatic rings. The first-order valence-corrected chi connectivity index (χ1v) is 10.9. The minimum atomic E-state index is -3.04. The summed E-state index contributed by atoms with van der Waals surface area (Å²) in [7, 11) is -3.04. The van der Waals surface area contributed by atoms with Crippen molar-refractivity contribution in [2.24, 2.45) is 0 Å². The Bertz CT molecular complexity index is 1020. The van der Waals surface area contributed by atoms with Gasteiger partial charge in [0.25, 0.3) is 5.56 Å². The van der Waals surface area contributed by atoms with E-state index in [1.165, 1.54) is 0 Å². The molecule has 1 fully saturated rings. The highest BCUT2D eigenvalue weighted by molar-refractivity contribution is 7.91. The van der Waals surface area contributed by atoms with Crippen LogP contribution in [0.1, 0.15) is 19.2 Å². The van der Waals surface area contributed by atoms with E-state index < -0.39 is 9.84 Å². The first-order chi connectivity index (χ1) is 12.8. The van der Waals surface area contributed by atoms with Crippen LogP contribution in [-0.4, -0.2) is 59.8 Å². The number of amides is 1. The van der Waals surface area contributed by atoms with Gasteiger partial charge in [-0.05, 0) is 31.2 Å². The van der Waals surface area contributed by atoms with Gasteiger partial charge in [0.05, 0.1) is 35.5 Å². The predicted octanol–water partition coefficient (Wildman–Crippen LogP) is 0.702. The zero-order chi connectivity index (χ0) is 19.6. The summed E-state index contributed by atoms with van der Waals surface area (Å²) >= 11 is 5.97. The summed E-state index contributed by atoms with van der Waals surface area (Å²) in [5, 5.41) is 3.70. The fourth-order valence-electron chi connectivity index (χ4n) is 3.11. The molecule has 0 aliphatic carbocycles. The second kappa shape index (κ2) is 7.95. The number of halogens is 1. The standard InChI is InChI=1S/C17H21ClN4O4S/c1-2-22(9-16(23)19-12-5-6-27(25,26)10-12)8-15-20-14-7-11(18)3-4-13(14)17(24)21-15/h3-4,7,12H,2,5-6,8-10H2,1H3,(H,19,23)(H,20,21,24). The van der Waals surface area contributed by atoms with E-state index in [0.717, 1.165) is 0 Å². The molecule has 1 aliphatic heterocycles. The number of benzene rings is 1. The van der Waals surface area contributed by atoms with Crippen LogP contribution < -0.4 is 10.9 Å². The van der Waals surface area contributed by atoms with Crippen LogP contribution in [0.4, 0.5) is 0 Å². The molecular weight excluding hydrogens is 392 g/mol. The average molecular weight is 413 g/mol. The molecule has 1 amide bonds. The van der Waals surface area contributed by atoms with E-state index in [2.05, 4.69) is 15.3 Å². The molecule has 8 nitrogen and oxygen atoms in total. The van der Waals surface area contributed by atoms with Crippen LogP contribution in [0.2, 0.25) is 5.02 Å². The number of carbonyl (C=O) groups excluding carboxylic acids is 1. The number of nitrogens with one attached hydrogen (secondary N) is 2. The lowest BCUT2D eigenvalue weighted by Gasteiger charge is -2.20. The second-order valence-corrected chi connectivity index (χ2v) is 9.31. The maximum absolute atomic E-state index is 12.2. The molecule has 1 aromatic heterocycles. The van der Waals surface area contributed by atoms with Crippen LogP contribution in [0.25, 0.3) is 10.9 Å². The Labute approximate surface area is 161 Å². The quantitative estimate of drug-likeness (QED) is 0.722. The molecule has 146 valence electrons. The summed E-state index contributed by atoms with van der Waals surface area (Å²) in [6.45, 7) is 2.83. The Hall–Kier alpha value is -1.97. The lowest BCUT2D eigenvalue weighted by molar-refractivity contribution is -0.122. The van der Waals surface area contributed by atoms with Gasteiger partial charge in [-0.2, -0.15) is 0 Å². The van der Waals surface area contributed by atoms with Crippen LogP contribution in [0.15, 0.2) is 23.0 Å². The number of aromatic amines is 1. The molecule has 1 saturated heterocycles. The van der Waals surface area contributed by atoms with E-state index in [-0.39, 0.29) is 42.1 Å². The third kappa shape index (κ3) is 5.06. The lowest BCUT2D eigenvalue weighted by Crippen LogP contribution is -2.42. The van der Waals surface area contributed by atoms with Crippen molar-refractivity contribution in [3.63, 3.8) is 0 Å². The summed E-state index contributed by atoms with van der Waals surface area (Å²) < 4.78 is 23.0. The van der Waals surface area contributed by atoms with E-state index in [1.807, 2.05) is 11.8 Å². The number of sulfone groups is 1. The smallest absolute Gasteiger partial charge is 0.258 e. The molecule has 0 radical (unpaired) electrons. The van der Waals surface area contributed by atoms with Crippen molar-refractivity contribution >= 4 is 38.2 Å². The van der Waals surface area contributed by atoms with Crippen molar-refractivity contribution in [3.05, 3.63) is 39.4 Å². The Balaban J connectivity index is 1.67. The first kappa shape index (κ1) is 19.8. The molecular formula is C17H21ClN4O4S. The number of rotatable bonds is 6. The SMILES string of the molecule is CCN(CC(=O)NC1CCS(=O)(=O)C1)Cc1nc2cc(Cl)ccc2c(=O)[nH]1. The van der Waals surface area contributed by atoms with Gasteiger partial charge in [-0.1, -0.05) is 18.5 Å². The van der Waals surface area contributed by atoms with E-state index >= 15 is 0 Å². The Kier molecular flexibility index (Phi) is 5.83. The molecule has 0 spiro atoms. The maximum atomic E-state index is 12.2. The van der Waals surface area contributed by atoms with Crippen LogP contribution in [0.3, 0.4) is 0 Å². The third-order valence-electron chi connectivity index (χ3n) is 4.50. The topological polar surface area (TPSA) is 112 Å². The molecule has 3 rings (SSSR count). The van der Waals surface area contributed by atoms with E-state index in [4.69, 9.17) is 11.6 Å². The molecule has 1 aliphatic rings. The highest BCUT2D eigenvalue weighted by Crippen LogP contribution is 2.15. The molecule has 2 heterocycles. The fourth-order valence-corrected chi connectivity index (χ4v) is 4.95. The van der Waals surface area contributed by atoms with Crippen LogP contribution in [0, 0.1) is 0 Å². The Morgan fingerprint density at radius 3 is 2.89 bits per heavy atom. The van der Waals surface area contributed by atoms with E-state index in [1.54, 1.807) is 18.2 Å². The van der Waals surface area contributed by atoms with Gasteiger partial charge in [-0.3, -0.25) is 14.5 Å². The average Bonchev–Trinajstić information content (AvgIpc) is 2.92. The van der Waals surface area contributed by atoms with Gasteiger partial charge in [-0.25, -0.2) is 13.4 Å². The third-order valence-corrected chi connectivity index (χ3v) is 6.51. The minimum Gasteiger partial charge on any atom is -0.351 e. The molecule has 1 aromatic carbocycles. The van der Waals surface area contributed by atoms with Gasteiger partial charge in [0.2, 0.25) is 5.91 Å². The van der Waals surface area contributed by atoms with E-state index in [9.17, 15) is 18.0 Å². The van der Waals surface area contributed by atoms with Gasteiger partial charge >= 0.3 is 0 Å². The minimum absolute atomic E-state index is 0.00876. The van der Waals surface area contributed by atoms with Crippen LogP contribution in [0.5, 0.6) is 0 Å². The zero-order valence-electron chi connectivity index (χ0n) is 14.9. The lowest BCUT2D eigenvalue weighted by atomic mass is 10.2. The highest BCUT2D eigenvalue weighted by atomic mass is 35.5. The summed E-state index contributed by atoms with van der Waals surface area (Å²) in [5.74, 6) is 0.295. The normalized spacial score (nSPS) is 18.9. The largest absolute Gasteiger partial charge is 0.351 e. The maximum Gasteiger partial charge on any atom is 0.258 e. The Morgan fingerprint density at radius 1 is 1.44 bits per heavy atom. The van der Waals surface area contributed by atoms with Crippen molar-refractivity contribution in [1.82, 2.24) is 20.2 Å². The Morgan fingerprint density at radius 2 is 2.22 bits per heavy atom. The first-order valence-electron chi connectivity index (χ1n) is 8.66. The summed E-state index contributed by atoms with van der Waals surface area (Å²) in [5.41, 5.74) is 0.237. The number of nitrogens with zero attached hydrogens (tertiary/aromatic N) is 2. The summed E-state index contributed by atoms with van der Waals surface area (Å²) in [4.78, 5) is 33.4. The number of fused-ring (bicyclic) bond motifs is 1. The molecule has 1 atom stereocenters. The van der Waals surface area contributed by atoms with Crippen molar-refractivity contribution in [2.45, 2.75) is 25.9 Å². The van der Waals surface area contributed by atoms with Gasteiger partial charge in [0.1, 0.15) is 5.82 Å². The second-order valence-electron chi connectivity index (χ2n) is 6.64. The van der Waals surface area contributed by atoms with Crippen molar-refractivity contribution in [3.8, 4) is 0 Å². The number of H-pyrrole nitrogens is 1. The monoisotopic (exact) mass is 412 g/mol. The van der Waals surface area contributed by atoms with Crippen molar-refractivity contribution in [2.75, 3.05) is 24.6 Å². The molecule has 27 heavy (non-hydrogen) atoms. The molecule has 10 heteroatoms. The number of carbonyl (C=O) groups is 1. The molecule has 0 saturated carbocycles. The van der Waals surface area contributed by atoms with Crippen molar-refractivity contribution < 1.29 is 13.2 Å². The number of hydrogen-bond donors (Lipinski definition) is 2. The molecule has 1 unspecified atom stereocenters. The van der Waals surface area contributed by atoms with Crippen LogP contribution in [-0.2, 0) is 21.2 Å². The van der Waals surface area contributed by atoms with Gasteiger partial charge in [0.15, 0.2) is 9.84 Å². The zero-order valence-corrected chi connectivity index (χ0v) is 16.4. The fraction of sp³-hybridized carbons (Fsp3) is 0.471. The van der Waals surface area contributed by atoms with Crippen molar-refractivity contribution in [1.29, 1.82) is 0 Å². The van der Waals surface area contributed by atoms with E-state index in [0.29, 0.717) is 34.7 Å². The molecule has 2 N–H and O–H groups in total. The van der Waals surface area contributed by atoms with Gasteiger partial charge < -0.3 is 10.3 Å². The number of aromatic nitrogens is 2. The number of likely N-dealkylation sites (N-methyl/N-ethyl adjacent to an activating group) is 1. The predicted molar refractivity (Wildman–Crippen MR) is 104 cm³/mol. The molecule has 0 bridgehead atoms. The summed E-state index contributed by atoms with van der Waals surface area (Å²) in [6.07, 6.45) is 0.445. The highest BCUT2D eigenvalue weighted by Gasteiger charge is 2.29. The number of hydrogen-bond acceptors (Lipinski definition) is 6. The van der Waals surface area contributed by atoms with Gasteiger partial charge in [0, 0.05) is 11.1 Å².